The molecule has 5 nitrogen and oxygen atoms in total. The molecule has 0 radical (unpaired) electrons. The van der Waals surface area contributed by atoms with Crippen LogP contribution in [0.1, 0.15) is 32.6 Å². The van der Waals surface area contributed by atoms with E-state index < -0.39 is 0 Å². The van der Waals surface area contributed by atoms with Crippen molar-refractivity contribution < 1.29 is 19.1 Å². The first-order valence-electron chi connectivity index (χ1n) is 5.58. The smallest absolute Gasteiger partial charge is 0.306 e. The van der Waals surface area contributed by atoms with Crippen molar-refractivity contribution >= 4 is 17.7 Å². The number of esters is 1. The molecule has 1 heterocycles. The van der Waals surface area contributed by atoms with Gasteiger partial charge in [0.05, 0.1) is 13.0 Å². The summed E-state index contributed by atoms with van der Waals surface area (Å²) < 4.78 is 4.73. The number of amides is 1. The molecule has 1 aliphatic heterocycles. The predicted octanol–water partition coefficient (Wildman–Crippen LogP) is 0.521. The summed E-state index contributed by atoms with van der Waals surface area (Å²) in [5.41, 5.74) is 0. The Morgan fingerprint density at radius 3 is 2.44 bits per heavy atom. The third-order valence-electron chi connectivity index (χ3n) is 2.52. The van der Waals surface area contributed by atoms with Gasteiger partial charge >= 0.3 is 5.97 Å². The molecule has 1 amide bonds. The molecular weight excluding hydrogens is 210 g/mol. The Morgan fingerprint density at radius 1 is 1.25 bits per heavy atom. The van der Waals surface area contributed by atoms with Crippen LogP contribution in [-0.2, 0) is 19.1 Å². The van der Waals surface area contributed by atoms with Crippen molar-refractivity contribution in [1.82, 2.24) is 4.90 Å². The van der Waals surface area contributed by atoms with E-state index in [0.717, 1.165) is 0 Å². The molecule has 0 saturated carbocycles. The van der Waals surface area contributed by atoms with Crippen molar-refractivity contribution in [3.8, 4) is 0 Å². The van der Waals surface area contributed by atoms with Crippen LogP contribution >= 0.6 is 0 Å². The van der Waals surface area contributed by atoms with E-state index in [1.807, 2.05) is 0 Å². The predicted molar refractivity (Wildman–Crippen MR) is 56.7 cm³/mol. The van der Waals surface area contributed by atoms with E-state index in [1.54, 1.807) is 11.8 Å². The summed E-state index contributed by atoms with van der Waals surface area (Å²) >= 11 is 0. The van der Waals surface area contributed by atoms with Crippen molar-refractivity contribution in [1.29, 1.82) is 0 Å². The van der Waals surface area contributed by atoms with Crippen LogP contribution in [0.2, 0.25) is 0 Å². The maximum Gasteiger partial charge on any atom is 0.306 e. The van der Waals surface area contributed by atoms with Crippen molar-refractivity contribution in [2.45, 2.75) is 32.6 Å². The van der Waals surface area contributed by atoms with E-state index in [1.165, 1.54) is 0 Å². The van der Waals surface area contributed by atoms with Gasteiger partial charge in [-0.2, -0.15) is 0 Å². The summed E-state index contributed by atoms with van der Waals surface area (Å²) in [4.78, 5) is 35.3. The first kappa shape index (κ1) is 12.7. The molecule has 0 unspecified atom stereocenters. The Labute approximate surface area is 94.7 Å². The Bertz CT molecular complexity index is 278. The van der Waals surface area contributed by atoms with Crippen LogP contribution in [0.3, 0.4) is 0 Å². The normalized spacial score (nSPS) is 16.1. The lowest BCUT2D eigenvalue weighted by atomic mass is 10.1. The van der Waals surface area contributed by atoms with Crippen LogP contribution in [-0.4, -0.2) is 42.3 Å². The van der Waals surface area contributed by atoms with Crippen molar-refractivity contribution in [3.05, 3.63) is 0 Å². The average Bonchev–Trinajstić information content (AvgIpc) is 2.27. The topological polar surface area (TPSA) is 63.7 Å². The number of likely N-dealkylation sites (tertiary alicyclic amines) is 1. The summed E-state index contributed by atoms with van der Waals surface area (Å²) in [5, 5.41) is 0. The van der Waals surface area contributed by atoms with E-state index in [-0.39, 0.29) is 30.5 Å². The standard InChI is InChI=1S/C11H17NO4/c1-2-16-11(15)4-3-10(14)12-7-5-9(13)6-8-12/h2-8H2,1H3. The van der Waals surface area contributed by atoms with Crippen LogP contribution in [0.15, 0.2) is 0 Å². The van der Waals surface area contributed by atoms with Gasteiger partial charge in [-0.25, -0.2) is 0 Å². The Morgan fingerprint density at radius 2 is 1.88 bits per heavy atom. The first-order chi connectivity index (χ1) is 7.63. The van der Waals surface area contributed by atoms with Crippen LogP contribution in [0.25, 0.3) is 0 Å². The van der Waals surface area contributed by atoms with Gasteiger partial charge in [0.25, 0.3) is 0 Å². The summed E-state index contributed by atoms with van der Waals surface area (Å²) in [6.45, 7) is 3.04. The highest BCUT2D eigenvalue weighted by atomic mass is 16.5. The number of nitrogens with zero attached hydrogens (tertiary/aromatic N) is 1. The molecular formula is C11H17NO4. The van der Waals surface area contributed by atoms with Crippen molar-refractivity contribution in [3.63, 3.8) is 0 Å². The van der Waals surface area contributed by atoms with Gasteiger partial charge in [0.15, 0.2) is 0 Å². The second kappa shape index (κ2) is 6.25. The van der Waals surface area contributed by atoms with E-state index in [4.69, 9.17) is 4.74 Å². The largest absolute Gasteiger partial charge is 0.466 e. The van der Waals surface area contributed by atoms with E-state index in [9.17, 15) is 14.4 Å². The molecule has 16 heavy (non-hydrogen) atoms. The number of piperidine rings is 1. The lowest BCUT2D eigenvalue weighted by molar-refractivity contribution is -0.146. The first-order valence-corrected chi connectivity index (χ1v) is 5.58. The monoisotopic (exact) mass is 227 g/mol. The SMILES string of the molecule is CCOC(=O)CCC(=O)N1CCC(=O)CC1. The van der Waals surface area contributed by atoms with Gasteiger partial charge in [0.2, 0.25) is 5.91 Å². The summed E-state index contributed by atoms with van der Waals surface area (Å²) in [6, 6.07) is 0. The summed E-state index contributed by atoms with van der Waals surface area (Å²) in [7, 11) is 0. The van der Waals surface area contributed by atoms with E-state index in [0.29, 0.717) is 32.5 Å². The molecule has 1 fully saturated rings. The summed E-state index contributed by atoms with van der Waals surface area (Å²) in [5.74, 6) is -0.209. The zero-order valence-corrected chi connectivity index (χ0v) is 9.53. The maximum atomic E-state index is 11.6. The second-order valence-electron chi connectivity index (χ2n) is 3.72. The minimum absolute atomic E-state index is 0.0689. The summed E-state index contributed by atoms with van der Waals surface area (Å²) in [6.07, 6.45) is 1.17. The van der Waals surface area contributed by atoms with Gasteiger partial charge in [-0.05, 0) is 6.92 Å². The molecule has 1 rings (SSSR count). The molecule has 5 heteroatoms. The van der Waals surface area contributed by atoms with Crippen LogP contribution in [0.4, 0.5) is 0 Å². The molecule has 0 aromatic rings. The van der Waals surface area contributed by atoms with Gasteiger partial charge < -0.3 is 9.64 Å². The molecule has 90 valence electrons. The quantitative estimate of drug-likeness (QED) is 0.657. The van der Waals surface area contributed by atoms with E-state index in [2.05, 4.69) is 0 Å². The number of Topliss-reactive ketones (excluding diaryl/α,β-unsaturated/α-hetero) is 1. The molecule has 0 aromatic heterocycles. The molecule has 1 saturated heterocycles. The highest BCUT2D eigenvalue weighted by Gasteiger charge is 2.21. The number of carbonyl (C=O) groups is 3. The maximum absolute atomic E-state index is 11.6. The third-order valence-corrected chi connectivity index (χ3v) is 2.52. The minimum Gasteiger partial charge on any atom is -0.466 e. The number of carbonyl (C=O) groups excluding carboxylic acids is 3. The van der Waals surface area contributed by atoms with Crippen LogP contribution < -0.4 is 0 Å². The molecule has 0 aromatic carbocycles. The fourth-order valence-corrected chi connectivity index (χ4v) is 1.61. The lowest BCUT2D eigenvalue weighted by Gasteiger charge is -2.25. The van der Waals surface area contributed by atoms with Crippen molar-refractivity contribution in [2.75, 3.05) is 19.7 Å². The zero-order valence-electron chi connectivity index (χ0n) is 9.53. The number of ketones is 1. The highest BCUT2D eigenvalue weighted by Crippen LogP contribution is 2.08. The molecule has 0 aliphatic carbocycles. The van der Waals surface area contributed by atoms with Gasteiger partial charge in [-0.1, -0.05) is 0 Å². The third kappa shape index (κ3) is 4.00. The van der Waals surface area contributed by atoms with Gasteiger partial charge in [0, 0.05) is 32.4 Å². The zero-order chi connectivity index (χ0) is 12.0. The van der Waals surface area contributed by atoms with E-state index >= 15 is 0 Å². The highest BCUT2D eigenvalue weighted by molar-refractivity contribution is 5.85. The number of rotatable bonds is 4. The fourth-order valence-electron chi connectivity index (χ4n) is 1.61. The van der Waals surface area contributed by atoms with Gasteiger partial charge in [-0.15, -0.1) is 0 Å². The van der Waals surface area contributed by atoms with Gasteiger partial charge in [-0.3, -0.25) is 14.4 Å². The van der Waals surface area contributed by atoms with Crippen LogP contribution in [0, 0.1) is 0 Å². The lowest BCUT2D eigenvalue weighted by Crippen LogP contribution is -2.38. The Kier molecular flexibility index (Phi) is 4.95. The molecule has 0 spiro atoms. The average molecular weight is 227 g/mol. The Balaban J connectivity index is 2.24. The second-order valence-corrected chi connectivity index (χ2v) is 3.72. The van der Waals surface area contributed by atoms with Crippen molar-refractivity contribution in [2.24, 2.45) is 0 Å². The van der Waals surface area contributed by atoms with Crippen LogP contribution in [0.5, 0.6) is 0 Å². The Hall–Kier alpha value is -1.39. The number of hydrogen-bond donors (Lipinski definition) is 0. The number of hydrogen-bond acceptors (Lipinski definition) is 4. The molecule has 0 N–H and O–H groups in total. The molecule has 1 aliphatic rings. The van der Waals surface area contributed by atoms with Gasteiger partial charge in [0.1, 0.15) is 5.78 Å². The number of ether oxygens (including phenoxy) is 1. The minimum atomic E-state index is -0.344. The molecule has 0 atom stereocenters. The fraction of sp³-hybridized carbons (Fsp3) is 0.727. The molecule has 0 bridgehead atoms.